The van der Waals surface area contributed by atoms with E-state index in [2.05, 4.69) is 71.8 Å². The largest absolute Gasteiger partial charge is 0.309 e. The van der Waals surface area contributed by atoms with Crippen LogP contribution in [0.4, 0.5) is 0 Å². The summed E-state index contributed by atoms with van der Waals surface area (Å²) in [5.74, 6) is 0. The van der Waals surface area contributed by atoms with Gasteiger partial charge in [-0.15, -0.1) is 0 Å². The van der Waals surface area contributed by atoms with Gasteiger partial charge < -0.3 is 4.57 Å². The third kappa shape index (κ3) is 3.86. The second-order valence-corrected chi connectivity index (χ2v) is 4.69. The maximum Gasteiger partial charge on any atom is 0.0541 e. The van der Waals surface area contributed by atoms with Gasteiger partial charge in [0.2, 0.25) is 0 Å². The van der Waals surface area contributed by atoms with Crippen molar-refractivity contribution in [1.29, 1.82) is 0 Å². The monoisotopic (exact) mass is 319 g/mol. The molecule has 1 heteroatoms. The zero-order valence-corrected chi connectivity index (χ0v) is 15.6. The molecule has 0 N–H and O–H groups in total. The lowest BCUT2D eigenvalue weighted by Gasteiger charge is -2.08. The first-order valence-corrected chi connectivity index (χ1v) is 8.81. The van der Waals surface area contributed by atoms with Crippen molar-refractivity contribution in [2.75, 3.05) is 0 Å². The van der Waals surface area contributed by atoms with E-state index in [0.717, 1.165) is 0 Å². The molecule has 0 amide bonds. The molecule has 0 radical (unpaired) electrons. The van der Waals surface area contributed by atoms with Gasteiger partial charge >= 0.3 is 0 Å². The van der Waals surface area contributed by atoms with Crippen molar-refractivity contribution in [2.24, 2.45) is 0 Å². The van der Waals surface area contributed by atoms with Crippen LogP contribution in [0.1, 0.15) is 45.9 Å². The van der Waals surface area contributed by atoms with E-state index >= 15 is 0 Å². The van der Waals surface area contributed by atoms with Gasteiger partial charge in [-0.2, -0.15) is 0 Å². The topological polar surface area (TPSA) is 4.93 Å². The van der Waals surface area contributed by atoms with Crippen LogP contribution in [0.25, 0.3) is 28.7 Å². The lowest BCUT2D eigenvalue weighted by atomic mass is 10.1. The molecule has 0 aliphatic carbocycles. The molecule has 0 spiro atoms. The molecule has 0 fully saturated rings. The molecule has 3 rings (SSSR count). The standard InChI is InChI=1S/C19H17N.2C2H6/c1-3-10-18-16(4-2)17-13-8-9-14-19(17)20(18)15-11-6-5-7-12-15;2*1-2/h3-14H,2H2,1H3;2*1-2H3/b10-3-;;. The van der Waals surface area contributed by atoms with Crippen LogP contribution >= 0.6 is 0 Å². The maximum absolute atomic E-state index is 3.98. The smallest absolute Gasteiger partial charge is 0.0541 e. The Morgan fingerprint density at radius 3 is 2.00 bits per heavy atom. The Balaban J connectivity index is 0.000000671. The van der Waals surface area contributed by atoms with E-state index < -0.39 is 0 Å². The second-order valence-electron chi connectivity index (χ2n) is 4.69. The van der Waals surface area contributed by atoms with Gasteiger partial charge in [0.1, 0.15) is 0 Å². The van der Waals surface area contributed by atoms with Gasteiger partial charge in [0.05, 0.1) is 11.2 Å². The SMILES string of the molecule is C=Cc1c(/C=C\C)n(-c2ccccc2)c2ccccc12.CC.CC. The minimum absolute atomic E-state index is 1.17. The predicted octanol–water partition coefficient (Wildman–Crippen LogP) is 7.36. The molecule has 1 aromatic heterocycles. The van der Waals surface area contributed by atoms with Crippen molar-refractivity contribution in [1.82, 2.24) is 4.57 Å². The van der Waals surface area contributed by atoms with Crippen LogP contribution in [0.5, 0.6) is 0 Å². The fraction of sp³-hybridized carbons (Fsp3) is 0.217. The summed E-state index contributed by atoms with van der Waals surface area (Å²) in [6.45, 7) is 14.0. The molecule has 0 unspecified atom stereocenters. The van der Waals surface area contributed by atoms with Crippen molar-refractivity contribution in [3.63, 3.8) is 0 Å². The summed E-state index contributed by atoms with van der Waals surface area (Å²) in [6, 6.07) is 18.9. The second kappa shape index (κ2) is 10.3. The molecule has 0 bridgehead atoms. The van der Waals surface area contributed by atoms with Gasteiger partial charge in [-0.1, -0.05) is 82.8 Å². The highest BCUT2D eigenvalue weighted by Gasteiger charge is 2.13. The molecule has 1 nitrogen and oxygen atoms in total. The third-order valence-corrected chi connectivity index (χ3v) is 3.50. The van der Waals surface area contributed by atoms with E-state index in [0.29, 0.717) is 0 Å². The molecule has 0 aliphatic heterocycles. The van der Waals surface area contributed by atoms with Gasteiger partial charge in [0.15, 0.2) is 0 Å². The van der Waals surface area contributed by atoms with E-state index in [9.17, 15) is 0 Å². The minimum atomic E-state index is 1.17. The number of hydrogen-bond donors (Lipinski definition) is 0. The fourth-order valence-electron chi connectivity index (χ4n) is 2.68. The van der Waals surface area contributed by atoms with Crippen LogP contribution in [-0.4, -0.2) is 4.57 Å². The number of para-hydroxylation sites is 2. The third-order valence-electron chi connectivity index (χ3n) is 3.50. The molecule has 0 saturated heterocycles. The summed E-state index contributed by atoms with van der Waals surface area (Å²) in [6.07, 6.45) is 6.15. The maximum atomic E-state index is 3.98. The first-order valence-electron chi connectivity index (χ1n) is 8.81. The van der Waals surface area contributed by atoms with Gasteiger partial charge in [-0.25, -0.2) is 0 Å². The lowest BCUT2D eigenvalue weighted by Crippen LogP contribution is -1.96. The number of allylic oxidation sites excluding steroid dienone is 1. The lowest BCUT2D eigenvalue weighted by molar-refractivity contribution is 1.10. The molecular weight excluding hydrogens is 290 g/mol. The molecule has 0 atom stereocenters. The average molecular weight is 319 g/mol. The van der Waals surface area contributed by atoms with E-state index in [1.807, 2.05) is 46.8 Å². The normalized spacial score (nSPS) is 9.88. The molecule has 126 valence electrons. The van der Waals surface area contributed by atoms with Crippen molar-refractivity contribution < 1.29 is 0 Å². The number of aromatic nitrogens is 1. The molecule has 0 saturated carbocycles. The minimum Gasteiger partial charge on any atom is -0.309 e. The summed E-state index contributed by atoms with van der Waals surface area (Å²) in [7, 11) is 0. The van der Waals surface area contributed by atoms with Crippen LogP contribution in [0.2, 0.25) is 0 Å². The van der Waals surface area contributed by atoms with Crippen LogP contribution in [0, 0.1) is 0 Å². The summed E-state index contributed by atoms with van der Waals surface area (Å²) in [5, 5.41) is 1.24. The number of hydrogen-bond acceptors (Lipinski definition) is 0. The van der Waals surface area contributed by atoms with Gasteiger partial charge in [-0.3, -0.25) is 0 Å². The first kappa shape index (κ1) is 19.5. The van der Waals surface area contributed by atoms with Crippen molar-refractivity contribution in [2.45, 2.75) is 34.6 Å². The number of rotatable bonds is 3. The molecule has 1 heterocycles. The molecule has 24 heavy (non-hydrogen) atoms. The van der Waals surface area contributed by atoms with Crippen molar-refractivity contribution >= 4 is 23.1 Å². The summed E-state index contributed by atoms with van der Waals surface area (Å²) >= 11 is 0. The van der Waals surface area contributed by atoms with E-state index in [-0.39, 0.29) is 0 Å². The van der Waals surface area contributed by atoms with Crippen LogP contribution < -0.4 is 0 Å². The Bertz CT molecular complexity index is 776. The first-order chi connectivity index (χ1) is 11.9. The summed E-state index contributed by atoms with van der Waals surface area (Å²) in [5.41, 5.74) is 4.74. The highest BCUT2D eigenvalue weighted by Crippen LogP contribution is 2.31. The Labute approximate surface area is 147 Å². The summed E-state index contributed by atoms with van der Waals surface area (Å²) < 4.78 is 2.28. The molecule has 0 aliphatic rings. The quantitative estimate of drug-likeness (QED) is 0.475. The summed E-state index contributed by atoms with van der Waals surface area (Å²) in [4.78, 5) is 0. The van der Waals surface area contributed by atoms with Gasteiger partial charge in [-0.05, 0) is 31.2 Å². The van der Waals surface area contributed by atoms with Crippen molar-refractivity contribution in [3.8, 4) is 5.69 Å². The fourth-order valence-corrected chi connectivity index (χ4v) is 2.68. The van der Waals surface area contributed by atoms with Crippen molar-refractivity contribution in [3.05, 3.63) is 78.5 Å². The molecular formula is C23H29N. The highest BCUT2D eigenvalue weighted by atomic mass is 15.0. The Kier molecular flexibility index (Phi) is 8.35. The Hall–Kier alpha value is -2.54. The number of benzene rings is 2. The zero-order chi connectivity index (χ0) is 17.9. The Morgan fingerprint density at radius 2 is 1.42 bits per heavy atom. The zero-order valence-electron chi connectivity index (χ0n) is 15.6. The van der Waals surface area contributed by atoms with Gasteiger partial charge in [0.25, 0.3) is 0 Å². The van der Waals surface area contributed by atoms with E-state index in [1.165, 1.54) is 27.8 Å². The molecule has 2 aromatic carbocycles. The number of nitrogens with zero attached hydrogens (tertiary/aromatic N) is 1. The van der Waals surface area contributed by atoms with Crippen LogP contribution in [0.3, 0.4) is 0 Å². The number of fused-ring (bicyclic) bond motifs is 1. The Morgan fingerprint density at radius 1 is 0.833 bits per heavy atom. The van der Waals surface area contributed by atoms with Crippen LogP contribution in [0.15, 0.2) is 67.3 Å². The van der Waals surface area contributed by atoms with E-state index in [1.54, 1.807) is 0 Å². The van der Waals surface area contributed by atoms with E-state index in [4.69, 9.17) is 0 Å². The van der Waals surface area contributed by atoms with Crippen LogP contribution in [-0.2, 0) is 0 Å². The predicted molar refractivity (Wildman–Crippen MR) is 111 cm³/mol. The highest BCUT2D eigenvalue weighted by molar-refractivity contribution is 5.95. The average Bonchev–Trinajstić information content (AvgIpc) is 2.99. The molecule has 3 aromatic rings. The van der Waals surface area contributed by atoms with Gasteiger partial charge in [0, 0.05) is 16.6 Å².